The van der Waals surface area contributed by atoms with Crippen molar-refractivity contribution in [2.45, 2.75) is 38.8 Å². The third kappa shape index (κ3) is 2.61. The Hall–Kier alpha value is -1.88. The van der Waals surface area contributed by atoms with Crippen LogP contribution in [0.15, 0.2) is 22.6 Å². The molecule has 0 saturated heterocycles. The first-order valence-electron chi connectivity index (χ1n) is 6.52. The Balaban J connectivity index is 1.72. The van der Waals surface area contributed by atoms with Crippen LogP contribution in [0.2, 0.25) is 0 Å². The first-order valence-corrected chi connectivity index (χ1v) is 6.52. The van der Waals surface area contributed by atoms with Crippen molar-refractivity contribution in [1.82, 2.24) is 10.2 Å². The molecule has 3 rings (SSSR count). The highest BCUT2D eigenvalue weighted by Crippen LogP contribution is 2.30. The van der Waals surface area contributed by atoms with Crippen molar-refractivity contribution in [3.63, 3.8) is 0 Å². The molecule has 0 amide bonds. The van der Waals surface area contributed by atoms with E-state index in [4.69, 9.17) is 14.9 Å². The Morgan fingerprint density at radius 3 is 3.11 bits per heavy atom. The highest BCUT2D eigenvalue weighted by molar-refractivity contribution is 5.38. The summed E-state index contributed by atoms with van der Waals surface area (Å²) in [6.45, 7) is 2.06. The molecule has 100 valence electrons. The van der Waals surface area contributed by atoms with Gasteiger partial charge in [-0.3, -0.25) is 0 Å². The van der Waals surface area contributed by atoms with Crippen LogP contribution in [-0.2, 0) is 13.0 Å². The van der Waals surface area contributed by atoms with E-state index in [-0.39, 0.29) is 6.04 Å². The van der Waals surface area contributed by atoms with E-state index in [0.29, 0.717) is 18.4 Å². The van der Waals surface area contributed by atoms with E-state index in [9.17, 15) is 0 Å². The number of nitrogens with two attached hydrogens (primary N) is 1. The summed E-state index contributed by atoms with van der Waals surface area (Å²) in [5.41, 5.74) is 8.62. The van der Waals surface area contributed by atoms with Crippen LogP contribution < -0.4 is 10.5 Å². The molecule has 1 atom stereocenters. The van der Waals surface area contributed by atoms with Crippen molar-refractivity contribution in [1.29, 1.82) is 0 Å². The molecule has 0 radical (unpaired) electrons. The maximum Gasteiger partial charge on any atom is 0.253 e. The zero-order chi connectivity index (χ0) is 13.2. The standard InChI is InChI=1S/C14H17N3O2/c1-9-16-17-14(19-9)8-18-11-5-6-12-10(7-11)3-2-4-13(12)15/h5-7,13H,2-4,8,15H2,1H3. The number of rotatable bonds is 3. The van der Waals surface area contributed by atoms with Gasteiger partial charge in [-0.1, -0.05) is 6.07 Å². The van der Waals surface area contributed by atoms with E-state index >= 15 is 0 Å². The Morgan fingerprint density at radius 1 is 1.42 bits per heavy atom. The molecule has 0 fully saturated rings. The van der Waals surface area contributed by atoms with Gasteiger partial charge in [0.25, 0.3) is 5.89 Å². The monoisotopic (exact) mass is 259 g/mol. The molecule has 0 bridgehead atoms. The molecule has 0 spiro atoms. The number of ether oxygens (including phenoxy) is 1. The average Bonchev–Trinajstić information content (AvgIpc) is 2.82. The smallest absolute Gasteiger partial charge is 0.253 e. The summed E-state index contributed by atoms with van der Waals surface area (Å²) in [6, 6.07) is 6.25. The molecule has 0 aliphatic heterocycles. The third-order valence-electron chi connectivity index (χ3n) is 3.41. The fourth-order valence-corrected chi connectivity index (χ4v) is 2.46. The van der Waals surface area contributed by atoms with Gasteiger partial charge in [-0.05, 0) is 42.5 Å². The second kappa shape index (κ2) is 5.01. The molecule has 0 saturated carbocycles. The van der Waals surface area contributed by atoms with E-state index in [1.165, 1.54) is 11.1 Å². The molecule has 1 unspecified atom stereocenters. The summed E-state index contributed by atoms with van der Waals surface area (Å²) in [5.74, 6) is 1.87. The third-order valence-corrected chi connectivity index (χ3v) is 3.41. The van der Waals surface area contributed by atoms with Crippen LogP contribution in [0.3, 0.4) is 0 Å². The van der Waals surface area contributed by atoms with Gasteiger partial charge in [0.15, 0.2) is 6.61 Å². The Kier molecular flexibility index (Phi) is 3.21. The molecule has 1 aliphatic rings. The van der Waals surface area contributed by atoms with Crippen LogP contribution >= 0.6 is 0 Å². The Bertz CT molecular complexity index is 580. The SMILES string of the molecule is Cc1nnc(COc2ccc3c(c2)CCCC3N)o1. The van der Waals surface area contributed by atoms with Crippen LogP contribution in [0.1, 0.15) is 41.8 Å². The lowest BCUT2D eigenvalue weighted by molar-refractivity contribution is 0.260. The minimum atomic E-state index is 0.163. The molecule has 1 aliphatic carbocycles. The number of hydrogen-bond acceptors (Lipinski definition) is 5. The molecule has 2 aromatic rings. The largest absolute Gasteiger partial charge is 0.484 e. The topological polar surface area (TPSA) is 74.2 Å². The molecule has 5 heteroatoms. The summed E-state index contributed by atoms with van der Waals surface area (Å²) in [6.07, 6.45) is 3.27. The van der Waals surface area contributed by atoms with Gasteiger partial charge >= 0.3 is 0 Å². The Labute approximate surface area is 111 Å². The summed E-state index contributed by atoms with van der Waals surface area (Å²) < 4.78 is 10.9. The number of nitrogens with zero attached hydrogens (tertiary/aromatic N) is 2. The van der Waals surface area contributed by atoms with Crippen LogP contribution in [-0.4, -0.2) is 10.2 Å². The van der Waals surface area contributed by atoms with Crippen molar-refractivity contribution >= 4 is 0 Å². The highest BCUT2D eigenvalue weighted by atomic mass is 16.5. The highest BCUT2D eigenvalue weighted by Gasteiger charge is 2.17. The van der Waals surface area contributed by atoms with E-state index in [0.717, 1.165) is 25.0 Å². The fourth-order valence-electron chi connectivity index (χ4n) is 2.46. The van der Waals surface area contributed by atoms with Gasteiger partial charge in [0.1, 0.15) is 5.75 Å². The van der Waals surface area contributed by atoms with Gasteiger partial charge in [0.05, 0.1) is 0 Å². The molecule has 2 N–H and O–H groups in total. The van der Waals surface area contributed by atoms with Crippen molar-refractivity contribution in [2.75, 3.05) is 0 Å². The van der Waals surface area contributed by atoms with Crippen LogP contribution in [0.4, 0.5) is 0 Å². The lowest BCUT2D eigenvalue weighted by atomic mass is 9.88. The molecule has 1 aromatic carbocycles. The van der Waals surface area contributed by atoms with Gasteiger partial charge < -0.3 is 14.9 Å². The fraction of sp³-hybridized carbons (Fsp3) is 0.429. The van der Waals surface area contributed by atoms with Crippen molar-refractivity contribution < 1.29 is 9.15 Å². The maximum absolute atomic E-state index is 6.09. The predicted molar refractivity (Wildman–Crippen MR) is 69.7 cm³/mol. The lowest BCUT2D eigenvalue weighted by Gasteiger charge is -2.22. The zero-order valence-electron chi connectivity index (χ0n) is 10.9. The van der Waals surface area contributed by atoms with Gasteiger partial charge in [-0.25, -0.2) is 0 Å². The molecule has 1 heterocycles. The lowest BCUT2D eigenvalue weighted by Crippen LogP contribution is -2.17. The van der Waals surface area contributed by atoms with Crippen LogP contribution in [0, 0.1) is 6.92 Å². The summed E-state index contributed by atoms with van der Waals surface area (Å²) in [5, 5.41) is 7.66. The van der Waals surface area contributed by atoms with Crippen molar-refractivity contribution in [2.24, 2.45) is 5.73 Å². The van der Waals surface area contributed by atoms with Crippen LogP contribution in [0.5, 0.6) is 5.75 Å². The first-order chi connectivity index (χ1) is 9.22. The average molecular weight is 259 g/mol. The zero-order valence-corrected chi connectivity index (χ0v) is 10.9. The molecule has 1 aromatic heterocycles. The van der Waals surface area contributed by atoms with E-state index < -0.39 is 0 Å². The van der Waals surface area contributed by atoms with E-state index in [1.54, 1.807) is 6.92 Å². The number of hydrogen-bond donors (Lipinski definition) is 1. The minimum Gasteiger partial charge on any atom is -0.484 e. The minimum absolute atomic E-state index is 0.163. The quantitative estimate of drug-likeness (QED) is 0.915. The number of aromatic nitrogens is 2. The van der Waals surface area contributed by atoms with E-state index in [2.05, 4.69) is 22.3 Å². The first kappa shape index (κ1) is 12.2. The second-order valence-corrected chi connectivity index (χ2v) is 4.86. The summed E-state index contributed by atoms with van der Waals surface area (Å²) in [7, 11) is 0. The Morgan fingerprint density at radius 2 is 2.32 bits per heavy atom. The summed E-state index contributed by atoms with van der Waals surface area (Å²) >= 11 is 0. The second-order valence-electron chi connectivity index (χ2n) is 4.86. The molecular weight excluding hydrogens is 242 g/mol. The number of benzene rings is 1. The van der Waals surface area contributed by atoms with Crippen LogP contribution in [0.25, 0.3) is 0 Å². The molecule has 19 heavy (non-hydrogen) atoms. The predicted octanol–water partition coefficient (Wildman–Crippen LogP) is 2.29. The normalized spacial score (nSPS) is 18.1. The number of aryl methyl sites for hydroxylation is 2. The van der Waals surface area contributed by atoms with Gasteiger partial charge in [0.2, 0.25) is 5.89 Å². The number of fused-ring (bicyclic) bond motifs is 1. The molecule has 5 nitrogen and oxygen atoms in total. The van der Waals surface area contributed by atoms with E-state index in [1.807, 2.05) is 6.07 Å². The van der Waals surface area contributed by atoms with Gasteiger partial charge in [-0.15, -0.1) is 10.2 Å². The molecular formula is C14H17N3O2. The maximum atomic E-state index is 6.09. The van der Waals surface area contributed by atoms with Gasteiger partial charge in [-0.2, -0.15) is 0 Å². The van der Waals surface area contributed by atoms with Crippen molar-refractivity contribution in [3.8, 4) is 5.75 Å². The van der Waals surface area contributed by atoms with Gasteiger partial charge in [0, 0.05) is 13.0 Å². The summed E-state index contributed by atoms with van der Waals surface area (Å²) in [4.78, 5) is 0. The van der Waals surface area contributed by atoms with Crippen molar-refractivity contribution in [3.05, 3.63) is 41.1 Å².